The molecule has 4 atom stereocenters. The Morgan fingerprint density at radius 1 is 0.893 bits per heavy atom. The normalized spacial score (nSPS) is 18.1. The van der Waals surface area contributed by atoms with Crippen molar-refractivity contribution < 1.29 is 46.9 Å². The molecule has 0 spiro atoms. The monoisotopic (exact) mass is 1190 g/mol. The number of aromatic nitrogens is 7. The molecule has 26 heteroatoms. The Morgan fingerprint density at radius 3 is 2.25 bits per heavy atom. The van der Waals surface area contributed by atoms with E-state index in [0.717, 1.165) is 58.5 Å². The van der Waals surface area contributed by atoms with Crippen molar-refractivity contribution in [3.8, 4) is 10.4 Å². The summed E-state index contributed by atoms with van der Waals surface area (Å²) in [5.41, 5.74) is 6.65. The van der Waals surface area contributed by atoms with Gasteiger partial charge in [0.15, 0.2) is 0 Å². The molecule has 3 fully saturated rings. The SMILES string of the molecule is Cc1ncsc1-c1ccc([C@@H](C)NC(=O)[C@@H]2C[C@@H](O)CN2C(=O)[C@@H](NC(=O)COCCOCCOCCn2cc(CN3CCN(S(=O)(=O)c4ccc(Nc5ncc6cc(C(=O)N(C)C)n(C7CCCC7)c6n5)cc4)CC3)nn2)C(C)(C)C)cc1. The zero-order valence-electron chi connectivity index (χ0n) is 48.9. The summed E-state index contributed by atoms with van der Waals surface area (Å²) in [5, 5.41) is 29.0. The molecule has 0 bridgehead atoms. The maximum Gasteiger partial charge on any atom is 0.270 e. The summed E-state index contributed by atoms with van der Waals surface area (Å²) in [6.07, 6.45) is 6.91. The summed E-state index contributed by atoms with van der Waals surface area (Å²) >= 11 is 1.57. The number of likely N-dealkylation sites (tertiary alicyclic amines) is 1. The third-order valence-corrected chi connectivity index (χ3v) is 18.3. The number of benzene rings is 2. The molecule has 2 aliphatic heterocycles. The number of nitrogens with zero attached hydrogens (tertiary/aromatic N) is 11. The van der Waals surface area contributed by atoms with E-state index in [9.17, 15) is 32.7 Å². The minimum atomic E-state index is -3.75. The number of anilines is 2. The number of piperazine rings is 1. The smallest absolute Gasteiger partial charge is 0.270 e. The Labute approximate surface area is 494 Å². The molecule has 6 aromatic rings. The number of β-amino-alcohol motifs (C(OH)–C–C–N with tert-alkyl or cyclic N) is 1. The van der Waals surface area contributed by atoms with Gasteiger partial charge in [0.25, 0.3) is 5.91 Å². The number of hydrogen-bond donors (Lipinski definition) is 4. The molecule has 0 radical (unpaired) electrons. The first kappa shape index (κ1) is 61.8. The van der Waals surface area contributed by atoms with Gasteiger partial charge in [-0.05, 0) is 73.6 Å². The standard InChI is InChI=1S/C58H78N14O10S2/c1-38(40-12-14-41(15-13-40)51-39(2)60-37-83-51)61-54(75)48-31-46(73)35-71(48)56(77)52(58(3,4)5)63-50(74)36-82-29-28-81-27-26-80-25-24-69-34-44(65-66-69)33-68-20-22-70(23-21-68)84(78,79)47-18-16-43(17-19-47)62-57-59-32-42-30-49(55(76)67(6)7)72(53(42)64-57)45-10-8-9-11-45/h12-19,30,32,34,37-38,45-46,48,52,73H,8-11,20-29,31,33,35-36H2,1-7H3,(H,61,75)(H,63,74)(H,59,62,64)/t38-,46-,48+,52-/m1/s1. The van der Waals surface area contributed by atoms with Gasteiger partial charge < -0.3 is 49.6 Å². The summed E-state index contributed by atoms with van der Waals surface area (Å²) in [7, 11) is -0.265. The van der Waals surface area contributed by atoms with Crippen LogP contribution in [0.1, 0.15) is 99.3 Å². The quantitative estimate of drug-likeness (QED) is 0.0553. The fourth-order valence-electron chi connectivity index (χ4n) is 10.8. The number of carbonyl (C=O) groups is 4. The van der Waals surface area contributed by atoms with Crippen LogP contribution in [0.25, 0.3) is 21.5 Å². The average Bonchev–Trinajstić information content (AvgIpc) is 2.48. The van der Waals surface area contributed by atoms with Crippen molar-refractivity contribution in [3.05, 3.63) is 95.1 Å². The lowest BCUT2D eigenvalue weighted by Gasteiger charge is -2.35. The fraction of sp³-hybridized carbons (Fsp3) is 0.534. The number of aliphatic hydroxyl groups excluding tert-OH is 1. The summed E-state index contributed by atoms with van der Waals surface area (Å²) in [5.74, 6) is -1.07. The highest BCUT2D eigenvalue weighted by molar-refractivity contribution is 7.89. The van der Waals surface area contributed by atoms with Crippen LogP contribution in [0, 0.1) is 12.3 Å². The van der Waals surface area contributed by atoms with Crippen molar-refractivity contribution in [2.75, 3.05) is 91.8 Å². The highest BCUT2D eigenvalue weighted by atomic mass is 32.2. The number of sulfonamides is 1. The van der Waals surface area contributed by atoms with E-state index in [1.165, 1.54) is 9.21 Å². The fourth-order valence-corrected chi connectivity index (χ4v) is 13.1. The number of hydrogen-bond acceptors (Lipinski definition) is 18. The van der Waals surface area contributed by atoms with Crippen molar-refractivity contribution in [2.24, 2.45) is 5.41 Å². The van der Waals surface area contributed by atoms with Crippen LogP contribution in [0.4, 0.5) is 11.6 Å². The van der Waals surface area contributed by atoms with E-state index >= 15 is 0 Å². The predicted octanol–water partition coefficient (Wildman–Crippen LogP) is 4.94. The summed E-state index contributed by atoms with van der Waals surface area (Å²) in [6.45, 7) is 13.0. The largest absolute Gasteiger partial charge is 0.391 e. The van der Waals surface area contributed by atoms with Crippen molar-refractivity contribution in [2.45, 2.75) is 115 Å². The van der Waals surface area contributed by atoms with Crippen molar-refractivity contribution in [1.82, 2.24) is 64.2 Å². The molecule has 1 saturated carbocycles. The average molecular weight is 1200 g/mol. The molecule has 4 N–H and O–H groups in total. The third-order valence-electron chi connectivity index (χ3n) is 15.4. The van der Waals surface area contributed by atoms with Gasteiger partial charge >= 0.3 is 0 Å². The van der Waals surface area contributed by atoms with Gasteiger partial charge in [-0.2, -0.15) is 9.29 Å². The van der Waals surface area contributed by atoms with E-state index in [2.05, 4.69) is 45.7 Å². The molecule has 1 aliphatic carbocycles. The number of amides is 4. The molecule has 84 heavy (non-hydrogen) atoms. The van der Waals surface area contributed by atoms with E-state index in [4.69, 9.17) is 19.2 Å². The Kier molecular flexibility index (Phi) is 20.2. The second kappa shape index (κ2) is 27.5. The van der Waals surface area contributed by atoms with E-state index in [0.29, 0.717) is 82.1 Å². The first-order chi connectivity index (χ1) is 40.2. The Balaban J connectivity index is 0.636. The topological polar surface area (TPSA) is 274 Å². The van der Waals surface area contributed by atoms with Gasteiger partial charge in [0, 0.05) is 89.3 Å². The van der Waals surface area contributed by atoms with Gasteiger partial charge in [0.2, 0.25) is 33.7 Å². The molecule has 3 aliphatic rings. The van der Waals surface area contributed by atoms with Gasteiger partial charge in [-0.3, -0.25) is 24.1 Å². The van der Waals surface area contributed by atoms with Crippen LogP contribution in [0.2, 0.25) is 0 Å². The van der Waals surface area contributed by atoms with Crippen LogP contribution in [0.5, 0.6) is 0 Å². The zero-order chi connectivity index (χ0) is 59.7. The van der Waals surface area contributed by atoms with Crippen LogP contribution >= 0.6 is 11.3 Å². The van der Waals surface area contributed by atoms with Crippen LogP contribution in [-0.4, -0.2) is 195 Å². The zero-order valence-corrected chi connectivity index (χ0v) is 50.5. The Hall–Kier alpha value is -6.78. The number of carbonyl (C=O) groups excluding carboxylic acids is 4. The van der Waals surface area contributed by atoms with Crippen molar-refractivity contribution in [3.63, 3.8) is 0 Å². The first-order valence-corrected chi connectivity index (χ1v) is 31.0. The highest BCUT2D eigenvalue weighted by Crippen LogP contribution is 2.36. The molecule has 2 saturated heterocycles. The van der Waals surface area contributed by atoms with Crippen LogP contribution < -0.4 is 16.0 Å². The molecule has 4 amide bonds. The van der Waals surface area contributed by atoms with E-state index in [1.54, 1.807) is 65.5 Å². The van der Waals surface area contributed by atoms with E-state index < -0.39 is 45.4 Å². The second-order valence-corrected chi connectivity index (χ2v) is 25.8. The molecule has 2 aromatic carbocycles. The highest BCUT2D eigenvalue weighted by Gasteiger charge is 2.45. The number of fused-ring (bicyclic) bond motifs is 1. The molecule has 4 aromatic heterocycles. The minimum absolute atomic E-state index is 0.0358. The lowest BCUT2D eigenvalue weighted by molar-refractivity contribution is -0.144. The van der Waals surface area contributed by atoms with Gasteiger partial charge in [-0.15, -0.1) is 16.4 Å². The minimum Gasteiger partial charge on any atom is -0.391 e. The molecular weight excluding hydrogens is 1120 g/mol. The number of nitrogens with one attached hydrogen (secondary N) is 3. The second-order valence-electron chi connectivity index (χ2n) is 23.0. The predicted molar refractivity (Wildman–Crippen MR) is 316 cm³/mol. The van der Waals surface area contributed by atoms with Gasteiger partial charge in [-0.25, -0.2) is 23.1 Å². The first-order valence-electron chi connectivity index (χ1n) is 28.6. The molecule has 9 rings (SSSR count). The number of ether oxygens (including phenoxy) is 3. The third kappa shape index (κ3) is 15.2. The lowest BCUT2D eigenvalue weighted by atomic mass is 9.85. The molecule has 0 unspecified atom stereocenters. The van der Waals surface area contributed by atoms with Crippen LogP contribution in [0.15, 0.2) is 77.4 Å². The molecule has 452 valence electrons. The molecular formula is C58H78N14O10S2. The summed E-state index contributed by atoms with van der Waals surface area (Å²) in [4.78, 5) is 74.0. The van der Waals surface area contributed by atoms with E-state index in [-0.39, 0.29) is 61.6 Å². The van der Waals surface area contributed by atoms with Gasteiger partial charge in [-0.1, -0.05) is 63.1 Å². The Morgan fingerprint density at radius 2 is 1.58 bits per heavy atom. The van der Waals surface area contributed by atoms with Crippen LogP contribution in [-0.2, 0) is 51.7 Å². The number of thiazole rings is 1. The number of rotatable bonds is 25. The maximum absolute atomic E-state index is 14.1. The van der Waals surface area contributed by atoms with Gasteiger partial charge in [0.05, 0.1) is 78.4 Å². The van der Waals surface area contributed by atoms with Crippen molar-refractivity contribution in [1.29, 1.82) is 0 Å². The van der Waals surface area contributed by atoms with Gasteiger partial charge in [0.1, 0.15) is 30.0 Å². The lowest BCUT2D eigenvalue weighted by Crippen LogP contribution is -2.58. The summed E-state index contributed by atoms with van der Waals surface area (Å²) < 4.78 is 49.7. The number of aryl methyl sites for hydroxylation is 1. The van der Waals surface area contributed by atoms with Crippen molar-refractivity contribution >= 4 is 67.7 Å². The molecule has 6 heterocycles. The Bertz CT molecular complexity index is 3330. The maximum atomic E-state index is 14.1. The van der Waals surface area contributed by atoms with E-state index in [1.807, 2.05) is 76.7 Å². The number of aliphatic hydroxyl groups is 1. The summed E-state index contributed by atoms with van der Waals surface area (Å²) in [6, 6.07) is 14.2. The van der Waals surface area contributed by atoms with Crippen LogP contribution in [0.3, 0.4) is 0 Å². The molecule has 24 nitrogen and oxygen atoms in total.